The number of nitrogens with one attached hydrogen (secondary N) is 1. The Labute approximate surface area is 104 Å². The molecule has 0 spiro atoms. The SMILES string of the molecule is NC(CC1CC1)C(=O)Nc1ccc(F)cc1Cl. The molecule has 0 radical (unpaired) electrons. The molecule has 2 rings (SSSR count). The molecule has 3 N–H and O–H groups in total. The molecule has 1 fully saturated rings. The monoisotopic (exact) mass is 256 g/mol. The van der Waals surface area contributed by atoms with Gasteiger partial charge in [0.25, 0.3) is 0 Å². The van der Waals surface area contributed by atoms with E-state index in [1.807, 2.05) is 0 Å². The number of hydrogen-bond acceptors (Lipinski definition) is 2. The smallest absolute Gasteiger partial charge is 0.241 e. The van der Waals surface area contributed by atoms with Crippen LogP contribution >= 0.6 is 11.6 Å². The molecule has 1 unspecified atom stereocenters. The van der Waals surface area contributed by atoms with Gasteiger partial charge in [-0.25, -0.2) is 4.39 Å². The lowest BCUT2D eigenvalue weighted by Crippen LogP contribution is -2.36. The van der Waals surface area contributed by atoms with Gasteiger partial charge in [-0.3, -0.25) is 4.79 Å². The lowest BCUT2D eigenvalue weighted by Gasteiger charge is -2.12. The van der Waals surface area contributed by atoms with Crippen molar-refractivity contribution in [3.63, 3.8) is 0 Å². The van der Waals surface area contributed by atoms with Crippen molar-refractivity contribution in [1.82, 2.24) is 0 Å². The fourth-order valence-electron chi connectivity index (χ4n) is 1.64. The normalized spacial score (nSPS) is 16.6. The maximum Gasteiger partial charge on any atom is 0.241 e. The maximum atomic E-state index is 12.8. The summed E-state index contributed by atoms with van der Waals surface area (Å²) in [5.41, 5.74) is 6.15. The third kappa shape index (κ3) is 3.41. The van der Waals surface area contributed by atoms with Gasteiger partial charge in [-0.15, -0.1) is 0 Å². The van der Waals surface area contributed by atoms with Crippen LogP contribution in [0.15, 0.2) is 18.2 Å². The molecular formula is C12H14ClFN2O. The van der Waals surface area contributed by atoms with Crippen LogP contribution in [0.1, 0.15) is 19.3 Å². The van der Waals surface area contributed by atoms with E-state index in [4.69, 9.17) is 17.3 Å². The lowest BCUT2D eigenvalue weighted by atomic mass is 10.1. The van der Waals surface area contributed by atoms with Gasteiger partial charge in [0.1, 0.15) is 5.82 Å². The first-order valence-electron chi connectivity index (χ1n) is 5.58. The molecule has 0 bridgehead atoms. The van der Waals surface area contributed by atoms with E-state index in [9.17, 15) is 9.18 Å². The molecular weight excluding hydrogens is 243 g/mol. The highest BCUT2D eigenvalue weighted by molar-refractivity contribution is 6.33. The topological polar surface area (TPSA) is 55.1 Å². The summed E-state index contributed by atoms with van der Waals surface area (Å²) in [6.07, 6.45) is 3.00. The summed E-state index contributed by atoms with van der Waals surface area (Å²) in [7, 11) is 0. The van der Waals surface area contributed by atoms with Gasteiger partial charge in [-0.2, -0.15) is 0 Å². The van der Waals surface area contributed by atoms with E-state index < -0.39 is 11.9 Å². The van der Waals surface area contributed by atoms with E-state index in [2.05, 4.69) is 5.32 Å². The first kappa shape index (κ1) is 12.3. The Hall–Kier alpha value is -1.13. The zero-order valence-corrected chi connectivity index (χ0v) is 10.0. The Balaban J connectivity index is 1.96. The van der Waals surface area contributed by atoms with Gasteiger partial charge in [-0.05, 0) is 30.5 Å². The van der Waals surface area contributed by atoms with Crippen LogP contribution in [-0.4, -0.2) is 11.9 Å². The number of anilines is 1. The molecule has 0 saturated heterocycles. The molecule has 0 heterocycles. The predicted octanol–water partition coefficient (Wildman–Crippen LogP) is 2.54. The molecule has 1 amide bonds. The highest BCUT2D eigenvalue weighted by Gasteiger charge is 2.27. The van der Waals surface area contributed by atoms with Crippen LogP contribution in [0.3, 0.4) is 0 Å². The van der Waals surface area contributed by atoms with Crippen molar-refractivity contribution in [2.75, 3.05) is 5.32 Å². The van der Waals surface area contributed by atoms with E-state index in [0.29, 0.717) is 18.0 Å². The third-order valence-electron chi connectivity index (χ3n) is 2.81. The Morgan fingerprint density at radius 3 is 2.88 bits per heavy atom. The number of rotatable bonds is 4. The molecule has 0 aromatic heterocycles. The molecule has 1 aliphatic rings. The molecule has 1 aromatic rings. The van der Waals surface area contributed by atoms with Gasteiger partial charge in [0.05, 0.1) is 16.8 Å². The number of carbonyl (C=O) groups excluding carboxylic acids is 1. The van der Waals surface area contributed by atoms with E-state index >= 15 is 0 Å². The largest absolute Gasteiger partial charge is 0.323 e. The van der Waals surface area contributed by atoms with Gasteiger partial charge in [0, 0.05) is 0 Å². The van der Waals surface area contributed by atoms with Gasteiger partial charge < -0.3 is 11.1 Å². The van der Waals surface area contributed by atoms with Crippen molar-refractivity contribution in [2.24, 2.45) is 11.7 Å². The summed E-state index contributed by atoms with van der Waals surface area (Å²) in [4.78, 5) is 11.7. The average Bonchev–Trinajstić information content (AvgIpc) is 3.06. The minimum atomic E-state index is -0.524. The molecule has 1 saturated carbocycles. The van der Waals surface area contributed by atoms with Crippen LogP contribution in [0.25, 0.3) is 0 Å². The number of benzene rings is 1. The summed E-state index contributed by atoms with van der Waals surface area (Å²) >= 11 is 5.80. The molecule has 3 nitrogen and oxygen atoms in total. The second kappa shape index (κ2) is 5.02. The number of nitrogens with two attached hydrogens (primary N) is 1. The van der Waals surface area contributed by atoms with Crippen LogP contribution in [0.4, 0.5) is 10.1 Å². The highest BCUT2D eigenvalue weighted by Crippen LogP contribution is 2.33. The van der Waals surface area contributed by atoms with E-state index in [1.165, 1.54) is 12.1 Å². The zero-order valence-electron chi connectivity index (χ0n) is 9.25. The Bertz CT molecular complexity index is 435. The van der Waals surface area contributed by atoms with Crippen molar-refractivity contribution < 1.29 is 9.18 Å². The first-order valence-corrected chi connectivity index (χ1v) is 5.95. The molecule has 1 aliphatic carbocycles. The van der Waals surface area contributed by atoms with E-state index in [1.54, 1.807) is 0 Å². The van der Waals surface area contributed by atoms with Crippen LogP contribution in [0, 0.1) is 11.7 Å². The van der Waals surface area contributed by atoms with E-state index in [-0.39, 0.29) is 10.9 Å². The standard InChI is InChI=1S/C12H14ClFN2O/c13-9-6-8(14)3-4-11(9)16-12(17)10(15)5-7-1-2-7/h3-4,6-7,10H,1-2,5,15H2,(H,16,17). The van der Waals surface area contributed by atoms with Gasteiger partial charge in [0.2, 0.25) is 5.91 Å². The summed E-state index contributed by atoms with van der Waals surface area (Å²) in [6, 6.07) is 3.31. The quantitative estimate of drug-likeness (QED) is 0.870. The summed E-state index contributed by atoms with van der Waals surface area (Å²) in [5, 5.41) is 2.79. The van der Waals surface area contributed by atoms with Crippen molar-refractivity contribution in [3.05, 3.63) is 29.0 Å². The second-order valence-corrected chi connectivity index (χ2v) is 4.81. The fraction of sp³-hybridized carbons (Fsp3) is 0.417. The van der Waals surface area contributed by atoms with Crippen LogP contribution in [-0.2, 0) is 4.79 Å². The van der Waals surface area contributed by atoms with E-state index in [0.717, 1.165) is 18.9 Å². The van der Waals surface area contributed by atoms with Gasteiger partial charge >= 0.3 is 0 Å². The van der Waals surface area contributed by atoms with Crippen LogP contribution in [0.2, 0.25) is 5.02 Å². The Morgan fingerprint density at radius 2 is 2.29 bits per heavy atom. The van der Waals surface area contributed by atoms with Crippen LogP contribution in [0.5, 0.6) is 0 Å². The van der Waals surface area contributed by atoms with Crippen molar-refractivity contribution in [3.8, 4) is 0 Å². The number of carbonyl (C=O) groups is 1. The fourth-order valence-corrected chi connectivity index (χ4v) is 1.85. The van der Waals surface area contributed by atoms with Crippen LogP contribution < -0.4 is 11.1 Å². The molecule has 1 atom stereocenters. The highest BCUT2D eigenvalue weighted by atomic mass is 35.5. The lowest BCUT2D eigenvalue weighted by molar-refractivity contribution is -0.117. The van der Waals surface area contributed by atoms with Crippen molar-refractivity contribution in [1.29, 1.82) is 0 Å². The Kier molecular flexibility index (Phi) is 3.64. The maximum absolute atomic E-state index is 12.8. The van der Waals surface area contributed by atoms with Crippen molar-refractivity contribution >= 4 is 23.2 Å². The summed E-state index contributed by atoms with van der Waals surface area (Å²) in [6.45, 7) is 0. The minimum absolute atomic E-state index is 0.178. The zero-order chi connectivity index (χ0) is 12.4. The van der Waals surface area contributed by atoms with Crippen molar-refractivity contribution in [2.45, 2.75) is 25.3 Å². The summed E-state index contributed by atoms with van der Waals surface area (Å²) < 4.78 is 12.8. The van der Waals surface area contributed by atoms with Gasteiger partial charge in [0.15, 0.2) is 0 Å². The second-order valence-electron chi connectivity index (χ2n) is 4.40. The third-order valence-corrected chi connectivity index (χ3v) is 3.12. The molecule has 1 aromatic carbocycles. The first-order chi connectivity index (χ1) is 8.06. The predicted molar refractivity (Wildman–Crippen MR) is 65.4 cm³/mol. The number of amides is 1. The number of hydrogen-bond donors (Lipinski definition) is 2. The average molecular weight is 257 g/mol. The molecule has 17 heavy (non-hydrogen) atoms. The van der Waals surface area contributed by atoms with Gasteiger partial charge in [-0.1, -0.05) is 24.4 Å². The molecule has 5 heteroatoms. The summed E-state index contributed by atoms with van der Waals surface area (Å²) in [5.74, 6) is -0.125. The number of halogens is 2. The Morgan fingerprint density at radius 1 is 1.59 bits per heavy atom. The molecule has 0 aliphatic heterocycles. The minimum Gasteiger partial charge on any atom is -0.323 e. The molecule has 92 valence electrons.